The molecule has 0 aromatic heterocycles. The van der Waals surface area contributed by atoms with E-state index in [-0.39, 0.29) is 5.79 Å². The normalized spacial score (nSPS) is 30.9. The lowest BCUT2D eigenvalue weighted by Gasteiger charge is -2.38. The van der Waals surface area contributed by atoms with Crippen molar-refractivity contribution >= 4 is 0 Å². The van der Waals surface area contributed by atoms with Crippen LogP contribution >= 0.6 is 0 Å². The highest BCUT2D eigenvalue weighted by molar-refractivity contribution is 5.19. The van der Waals surface area contributed by atoms with Gasteiger partial charge in [-0.05, 0) is 12.0 Å². The molecule has 2 heteroatoms. The summed E-state index contributed by atoms with van der Waals surface area (Å²) in [7, 11) is 0. The van der Waals surface area contributed by atoms with Crippen molar-refractivity contribution in [2.75, 3.05) is 13.2 Å². The Hall–Kier alpha value is -0.340. The minimum atomic E-state index is -0.319. The van der Waals surface area contributed by atoms with Gasteiger partial charge in [-0.3, -0.25) is 0 Å². The summed E-state index contributed by atoms with van der Waals surface area (Å²) >= 11 is 0. The number of hydrogen-bond acceptors (Lipinski definition) is 2. The summed E-state index contributed by atoms with van der Waals surface area (Å²) < 4.78 is 10.7. The van der Waals surface area contributed by atoms with Crippen molar-refractivity contribution in [2.45, 2.75) is 18.6 Å². The molecular weight excluding hydrogens is 116 g/mol. The second-order valence-corrected chi connectivity index (χ2v) is 2.55. The monoisotopic (exact) mass is 126 g/mol. The maximum atomic E-state index is 5.37. The predicted molar refractivity (Wildman–Crippen MR) is 33.0 cm³/mol. The molecule has 2 nitrogen and oxygen atoms in total. The summed E-state index contributed by atoms with van der Waals surface area (Å²) in [5, 5.41) is 0. The Kier molecular flexibility index (Phi) is 0.957. The zero-order valence-corrected chi connectivity index (χ0v) is 5.35. The van der Waals surface area contributed by atoms with E-state index in [1.807, 2.05) is 0 Å². The summed E-state index contributed by atoms with van der Waals surface area (Å²) in [4.78, 5) is 0. The van der Waals surface area contributed by atoms with E-state index in [9.17, 15) is 0 Å². The lowest BCUT2D eigenvalue weighted by atomic mass is 9.86. The smallest absolute Gasteiger partial charge is 0.190 e. The van der Waals surface area contributed by atoms with Gasteiger partial charge in [0.1, 0.15) is 0 Å². The van der Waals surface area contributed by atoms with Gasteiger partial charge < -0.3 is 9.47 Å². The Morgan fingerprint density at radius 3 is 2.22 bits per heavy atom. The first-order chi connectivity index (χ1) is 4.33. The van der Waals surface area contributed by atoms with Crippen LogP contribution in [-0.4, -0.2) is 19.0 Å². The average Bonchev–Trinajstić information content (AvgIpc) is 2.34. The lowest BCUT2D eigenvalue weighted by molar-refractivity contribution is -0.160. The summed E-state index contributed by atoms with van der Waals surface area (Å²) in [6, 6.07) is 0. The third-order valence-corrected chi connectivity index (χ3v) is 2.05. The lowest BCUT2D eigenvalue weighted by Crippen LogP contribution is -2.40. The molecule has 1 saturated carbocycles. The van der Waals surface area contributed by atoms with Gasteiger partial charge in [-0.25, -0.2) is 0 Å². The standard InChI is InChI=1S/C7H10O2/c1-6-2-3-7(6)8-4-5-9-7/h1-5H2. The zero-order valence-electron chi connectivity index (χ0n) is 5.35. The van der Waals surface area contributed by atoms with Gasteiger partial charge in [0.05, 0.1) is 13.2 Å². The number of hydrogen-bond donors (Lipinski definition) is 0. The van der Waals surface area contributed by atoms with Crippen molar-refractivity contribution in [3.8, 4) is 0 Å². The van der Waals surface area contributed by atoms with Crippen molar-refractivity contribution in [3.63, 3.8) is 0 Å². The molecule has 0 amide bonds. The van der Waals surface area contributed by atoms with Crippen molar-refractivity contribution in [1.29, 1.82) is 0 Å². The van der Waals surface area contributed by atoms with Gasteiger partial charge in [-0.15, -0.1) is 0 Å². The minimum absolute atomic E-state index is 0.319. The highest BCUT2D eigenvalue weighted by atomic mass is 16.7. The van der Waals surface area contributed by atoms with E-state index in [0.29, 0.717) is 0 Å². The van der Waals surface area contributed by atoms with E-state index < -0.39 is 0 Å². The topological polar surface area (TPSA) is 18.5 Å². The van der Waals surface area contributed by atoms with Crippen LogP contribution in [0.4, 0.5) is 0 Å². The fourth-order valence-corrected chi connectivity index (χ4v) is 1.31. The summed E-state index contributed by atoms with van der Waals surface area (Å²) in [6.07, 6.45) is 2.08. The first kappa shape index (κ1) is 5.45. The van der Waals surface area contributed by atoms with Crippen LogP contribution in [0, 0.1) is 0 Å². The summed E-state index contributed by atoms with van der Waals surface area (Å²) in [5.74, 6) is -0.319. The SMILES string of the molecule is C=C1CCC12OCCO2. The molecule has 2 fully saturated rings. The summed E-state index contributed by atoms with van der Waals surface area (Å²) in [5.41, 5.74) is 1.11. The van der Waals surface area contributed by atoms with E-state index in [0.717, 1.165) is 31.6 Å². The largest absolute Gasteiger partial charge is 0.344 e. The Morgan fingerprint density at radius 2 is 2.00 bits per heavy atom. The Labute approximate surface area is 54.5 Å². The highest BCUT2D eigenvalue weighted by Gasteiger charge is 2.46. The molecule has 1 heterocycles. The maximum absolute atomic E-state index is 5.37. The van der Waals surface area contributed by atoms with Gasteiger partial charge in [0, 0.05) is 6.42 Å². The van der Waals surface area contributed by atoms with Gasteiger partial charge in [0.25, 0.3) is 0 Å². The van der Waals surface area contributed by atoms with Crippen molar-refractivity contribution in [1.82, 2.24) is 0 Å². The zero-order chi connectivity index (χ0) is 6.32. The van der Waals surface area contributed by atoms with Crippen LogP contribution in [-0.2, 0) is 9.47 Å². The quantitative estimate of drug-likeness (QED) is 0.452. The maximum Gasteiger partial charge on any atom is 0.190 e. The summed E-state index contributed by atoms with van der Waals surface area (Å²) in [6.45, 7) is 5.32. The molecule has 1 aliphatic carbocycles. The second-order valence-electron chi connectivity index (χ2n) is 2.55. The van der Waals surface area contributed by atoms with E-state index in [4.69, 9.17) is 9.47 Å². The minimum Gasteiger partial charge on any atom is -0.344 e. The Balaban J connectivity index is 2.14. The first-order valence-corrected chi connectivity index (χ1v) is 3.30. The van der Waals surface area contributed by atoms with Gasteiger partial charge in [-0.1, -0.05) is 6.58 Å². The van der Waals surface area contributed by atoms with E-state index in [1.165, 1.54) is 0 Å². The molecule has 9 heavy (non-hydrogen) atoms. The average molecular weight is 126 g/mol. The molecule has 0 N–H and O–H groups in total. The predicted octanol–water partition coefficient (Wildman–Crippen LogP) is 1.08. The van der Waals surface area contributed by atoms with Gasteiger partial charge in [0.15, 0.2) is 5.79 Å². The van der Waals surface area contributed by atoms with Crippen LogP contribution in [0.1, 0.15) is 12.8 Å². The van der Waals surface area contributed by atoms with Crippen LogP contribution in [0.15, 0.2) is 12.2 Å². The molecule has 0 aromatic rings. The molecule has 50 valence electrons. The molecule has 2 aliphatic rings. The molecule has 1 aliphatic heterocycles. The molecule has 0 aromatic carbocycles. The van der Waals surface area contributed by atoms with Crippen LogP contribution in [0.5, 0.6) is 0 Å². The van der Waals surface area contributed by atoms with E-state index in [1.54, 1.807) is 0 Å². The Morgan fingerprint density at radius 1 is 1.33 bits per heavy atom. The first-order valence-electron chi connectivity index (χ1n) is 3.30. The van der Waals surface area contributed by atoms with Crippen molar-refractivity contribution < 1.29 is 9.47 Å². The highest BCUT2D eigenvalue weighted by Crippen LogP contribution is 2.43. The number of rotatable bonds is 0. The van der Waals surface area contributed by atoms with Gasteiger partial charge in [-0.2, -0.15) is 0 Å². The molecule has 1 saturated heterocycles. The molecular formula is C7H10O2. The second kappa shape index (κ2) is 1.58. The fraction of sp³-hybridized carbons (Fsp3) is 0.714. The molecule has 1 spiro atoms. The molecule has 0 bridgehead atoms. The third kappa shape index (κ3) is 0.575. The van der Waals surface area contributed by atoms with Crippen LogP contribution in [0.25, 0.3) is 0 Å². The van der Waals surface area contributed by atoms with E-state index in [2.05, 4.69) is 6.58 Å². The fourth-order valence-electron chi connectivity index (χ4n) is 1.31. The Bertz CT molecular complexity index is 145. The van der Waals surface area contributed by atoms with E-state index >= 15 is 0 Å². The van der Waals surface area contributed by atoms with Crippen molar-refractivity contribution in [3.05, 3.63) is 12.2 Å². The molecule has 0 radical (unpaired) electrons. The van der Waals surface area contributed by atoms with Crippen molar-refractivity contribution in [2.24, 2.45) is 0 Å². The molecule has 0 atom stereocenters. The van der Waals surface area contributed by atoms with Crippen LogP contribution in [0.3, 0.4) is 0 Å². The molecule has 0 unspecified atom stereocenters. The molecule has 2 rings (SSSR count). The third-order valence-electron chi connectivity index (χ3n) is 2.05. The van der Waals surface area contributed by atoms with Crippen LogP contribution in [0.2, 0.25) is 0 Å². The van der Waals surface area contributed by atoms with Gasteiger partial charge >= 0.3 is 0 Å². The van der Waals surface area contributed by atoms with Gasteiger partial charge in [0.2, 0.25) is 0 Å². The van der Waals surface area contributed by atoms with Crippen LogP contribution < -0.4 is 0 Å². The number of ether oxygens (including phenoxy) is 2.